The average molecular weight is 380 g/mol. The second-order valence-corrected chi connectivity index (χ2v) is 10.1. The highest BCUT2D eigenvalue weighted by atomic mass is 16.5. The van der Waals surface area contributed by atoms with E-state index >= 15 is 0 Å². The smallest absolute Gasteiger partial charge is 0.161 e. The lowest BCUT2D eigenvalue weighted by molar-refractivity contribution is -0.124. The molecule has 28 heavy (non-hydrogen) atoms. The van der Waals surface area contributed by atoms with Crippen LogP contribution in [-0.2, 0) is 9.59 Å². The van der Waals surface area contributed by atoms with E-state index in [9.17, 15) is 9.59 Å². The van der Waals surface area contributed by atoms with Gasteiger partial charge in [-0.1, -0.05) is 39.8 Å². The Morgan fingerprint density at radius 3 is 2.39 bits per heavy atom. The van der Waals surface area contributed by atoms with Gasteiger partial charge in [0, 0.05) is 35.7 Å². The Hall–Kier alpha value is -2.23. The van der Waals surface area contributed by atoms with Gasteiger partial charge in [-0.2, -0.15) is 0 Å². The number of fused-ring (bicyclic) bond motifs is 1. The van der Waals surface area contributed by atoms with Gasteiger partial charge in [0.15, 0.2) is 5.78 Å². The second kappa shape index (κ2) is 6.40. The molecule has 0 N–H and O–H groups in total. The number of nitrogens with zero attached hydrogens (tertiary/aromatic N) is 1. The van der Waals surface area contributed by atoms with Crippen molar-refractivity contribution in [2.75, 3.05) is 7.11 Å². The Morgan fingerprint density at radius 1 is 0.964 bits per heavy atom. The van der Waals surface area contributed by atoms with Gasteiger partial charge in [0.1, 0.15) is 11.5 Å². The van der Waals surface area contributed by atoms with E-state index in [0.717, 1.165) is 41.1 Å². The monoisotopic (exact) mass is 379 g/mol. The molecule has 1 aromatic rings. The molecule has 4 rings (SSSR count). The highest BCUT2D eigenvalue weighted by molar-refractivity contribution is 6.13. The van der Waals surface area contributed by atoms with E-state index in [1.54, 1.807) is 7.11 Å². The number of methoxy groups -OCH3 is 1. The van der Waals surface area contributed by atoms with Gasteiger partial charge in [0.2, 0.25) is 0 Å². The molecule has 4 heteroatoms. The summed E-state index contributed by atoms with van der Waals surface area (Å²) < 4.78 is 5.42. The number of hydrogen-bond acceptors (Lipinski definition) is 4. The van der Waals surface area contributed by atoms with Crippen LogP contribution >= 0.6 is 0 Å². The summed E-state index contributed by atoms with van der Waals surface area (Å²) in [7, 11) is 1.64. The third-order valence-corrected chi connectivity index (χ3v) is 6.29. The van der Waals surface area contributed by atoms with Gasteiger partial charge in [-0.15, -0.1) is 0 Å². The number of carbonyl (C=O) groups excluding carboxylic acids is 2. The number of ether oxygens (including phenoxy) is 1. The zero-order valence-corrected chi connectivity index (χ0v) is 17.5. The van der Waals surface area contributed by atoms with E-state index in [-0.39, 0.29) is 34.2 Å². The highest BCUT2D eigenvalue weighted by Crippen LogP contribution is 2.51. The molecule has 1 unspecified atom stereocenters. The van der Waals surface area contributed by atoms with E-state index in [4.69, 9.17) is 9.73 Å². The van der Waals surface area contributed by atoms with Crippen molar-refractivity contribution < 1.29 is 14.3 Å². The van der Waals surface area contributed by atoms with Gasteiger partial charge < -0.3 is 4.74 Å². The summed E-state index contributed by atoms with van der Waals surface area (Å²) in [4.78, 5) is 31.4. The topological polar surface area (TPSA) is 55.7 Å². The first kappa shape index (κ1) is 19.1. The van der Waals surface area contributed by atoms with Crippen LogP contribution in [0.25, 0.3) is 0 Å². The van der Waals surface area contributed by atoms with E-state index < -0.39 is 0 Å². The average Bonchev–Trinajstić information content (AvgIpc) is 2.57. The maximum absolute atomic E-state index is 13.2. The van der Waals surface area contributed by atoms with Gasteiger partial charge in [0.25, 0.3) is 0 Å². The Morgan fingerprint density at radius 2 is 1.68 bits per heavy atom. The first-order valence-electron chi connectivity index (χ1n) is 10.1. The maximum atomic E-state index is 13.2. The molecule has 0 radical (unpaired) electrons. The molecular formula is C24H29NO3. The third kappa shape index (κ3) is 3.23. The predicted molar refractivity (Wildman–Crippen MR) is 110 cm³/mol. The molecule has 1 aromatic carbocycles. The van der Waals surface area contributed by atoms with Crippen molar-refractivity contribution in [2.45, 2.75) is 59.3 Å². The molecule has 2 atom stereocenters. The van der Waals surface area contributed by atoms with Crippen LogP contribution in [0.3, 0.4) is 0 Å². The Bertz CT molecular complexity index is 920. The van der Waals surface area contributed by atoms with Crippen LogP contribution in [0, 0.1) is 16.7 Å². The molecule has 0 saturated heterocycles. The van der Waals surface area contributed by atoms with Crippen LogP contribution < -0.4 is 4.74 Å². The van der Waals surface area contributed by atoms with Gasteiger partial charge in [-0.3, -0.25) is 14.6 Å². The predicted octanol–water partition coefficient (Wildman–Crippen LogP) is 4.88. The molecule has 2 aliphatic carbocycles. The molecule has 0 spiro atoms. The Kier molecular flexibility index (Phi) is 4.36. The summed E-state index contributed by atoms with van der Waals surface area (Å²) in [6, 6.07) is 7.82. The van der Waals surface area contributed by atoms with E-state index in [2.05, 4.69) is 27.7 Å². The van der Waals surface area contributed by atoms with E-state index in [0.29, 0.717) is 12.8 Å². The largest absolute Gasteiger partial charge is 0.497 e. The van der Waals surface area contributed by atoms with Crippen molar-refractivity contribution in [3.8, 4) is 5.75 Å². The van der Waals surface area contributed by atoms with E-state index in [1.165, 1.54) is 0 Å². The number of ketones is 2. The molecular weight excluding hydrogens is 350 g/mol. The first-order chi connectivity index (χ1) is 13.1. The van der Waals surface area contributed by atoms with Crippen LogP contribution in [0.15, 0.2) is 40.5 Å². The summed E-state index contributed by atoms with van der Waals surface area (Å²) in [6.07, 6.45) is 2.61. The Labute approximate surface area is 167 Å². The van der Waals surface area contributed by atoms with Crippen LogP contribution in [0.4, 0.5) is 0 Å². The molecule has 1 fully saturated rings. The fraction of sp³-hybridized carbons (Fsp3) is 0.542. The van der Waals surface area contributed by atoms with Crippen molar-refractivity contribution in [1.29, 1.82) is 0 Å². The molecule has 0 aromatic heterocycles. The van der Waals surface area contributed by atoms with Crippen molar-refractivity contribution in [3.05, 3.63) is 41.1 Å². The number of hydrogen-bond donors (Lipinski definition) is 0. The first-order valence-corrected chi connectivity index (χ1v) is 10.1. The van der Waals surface area contributed by atoms with Crippen molar-refractivity contribution >= 4 is 17.3 Å². The molecule has 3 aliphatic rings. The zero-order chi connectivity index (χ0) is 20.3. The number of allylic oxidation sites excluding steroid dienone is 2. The van der Waals surface area contributed by atoms with Crippen molar-refractivity contribution in [2.24, 2.45) is 21.7 Å². The molecule has 0 amide bonds. The van der Waals surface area contributed by atoms with E-state index in [1.807, 2.05) is 24.3 Å². The number of Topliss-reactive ketones (excluding diaryl/α,β-unsaturated/α-hetero) is 2. The molecule has 1 saturated carbocycles. The lowest BCUT2D eigenvalue weighted by Gasteiger charge is -2.44. The van der Waals surface area contributed by atoms with Crippen LogP contribution in [0.5, 0.6) is 5.75 Å². The van der Waals surface area contributed by atoms with Crippen molar-refractivity contribution in [3.63, 3.8) is 0 Å². The van der Waals surface area contributed by atoms with Gasteiger partial charge >= 0.3 is 0 Å². The zero-order valence-electron chi connectivity index (χ0n) is 17.5. The van der Waals surface area contributed by atoms with Crippen molar-refractivity contribution in [1.82, 2.24) is 0 Å². The van der Waals surface area contributed by atoms with Crippen LogP contribution in [-0.4, -0.2) is 24.4 Å². The SMILES string of the molecule is COc1cccc([C@@H]2C3=C(CC(C)(C)CC3=O)N=C3CC(C)(C)CC(=O)C32)c1. The van der Waals surface area contributed by atoms with Crippen LogP contribution in [0.2, 0.25) is 0 Å². The number of carbonyl (C=O) groups is 2. The highest BCUT2D eigenvalue weighted by Gasteiger charge is 2.49. The third-order valence-electron chi connectivity index (χ3n) is 6.29. The standard InChI is InChI=1S/C24H29NO3/c1-23(2)10-16-21(18(26)12-23)20(14-7-6-8-15(9-14)28-5)22-17(25-16)11-24(3,4)13-19(22)27/h6-9,20-21H,10-13H2,1-5H3/t20-,21?/m0/s1. The summed E-state index contributed by atoms with van der Waals surface area (Å²) >= 11 is 0. The molecule has 0 bridgehead atoms. The normalized spacial score (nSPS) is 28.4. The summed E-state index contributed by atoms with van der Waals surface area (Å²) in [5.74, 6) is 0.510. The fourth-order valence-electron chi connectivity index (χ4n) is 5.21. The minimum Gasteiger partial charge on any atom is -0.497 e. The van der Waals surface area contributed by atoms with Gasteiger partial charge in [-0.25, -0.2) is 0 Å². The molecule has 1 aliphatic heterocycles. The lowest BCUT2D eigenvalue weighted by atomic mass is 9.60. The number of aliphatic imine (C=N–C) groups is 1. The summed E-state index contributed by atoms with van der Waals surface area (Å²) in [5.41, 5.74) is 3.40. The fourth-order valence-corrected chi connectivity index (χ4v) is 5.21. The number of rotatable bonds is 2. The Balaban J connectivity index is 1.91. The summed E-state index contributed by atoms with van der Waals surface area (Å²) in [6.45, 7) is 8.50. The summed E-state index contributed by atoms with van der Waals surface area (Å²) in [5, 5.41) is 0. The van der Waals surface area contributed by atoms with Crippen LogP contribution in [0.1, 0.15) is 64.9 Å². The molecule has 4 nitrogen and oxygen atoms in total. The minimum absolute atomic E-state index is 0.0857. The second-order valence-electron chi connectivity index (χ2n) is 10.1. The van der Waals surface area contributed by atoms with Gasteiger partial charge in [0.05, 0.1) is 13.0 Å². The lowest BCUT2D eigenvalue weighted by Crippen LogP contribution is -2.45. The number of benzene rings is 1. The molecule has 1 heterocycles. The quantitative estimate of drug-likeness (QED) is 0.736. The van der Waals surface area contributed by atoms with Gasteiger partial charge in [-0.05, 0) is 41.4 Å². The molecule has 148 valence electrons. The maximum Gasteiger partial charge on any atom is 0.161 e. The minimum atomic E-state index is -0.330.